The summed E-state index contributed by atoms with van der Waals surface area (Å²) >= 11 is 0. The summed E-state index contributed by atoms with van der Waals surface area (Å²) in [5.41, 5.74) is 0. The van der Waals surface area contributed by atoms with Gasteiger partial charge in [-0.2, -0.15) is 5.26 Å². The Morgan fingerprint density at radius 1 is 1.50 bits per heavy atom. The quantitative estimate of drug-likeness (QED) is 0.715. The van der Waals surface area contributed by atoms with Gasteiger partial charge in [-0.05, 0) is 12.8 Å². The molecule has 0 aromatic carbocycles. The van der Waals surface area contributed by atoms with Gasteiger partial charge >= 0.3 is 0 Å². The molecule has 0 spiro atoms. The van der Waals surface area contributed by atoms with Crippen LogP contribution in [0.1, 0.15) is 19.3 Å². The minimum Gasteiger partial charge on any atom is -0.386 e. The van der Waals surface area contributed by atoms with Crippen molar-refractivity contribution in [2.24, 2.45) is 5.92 Å². The molecule has 1 saturated carbocycles. The van der Waals surface area contributed by atoms with E-state index in [1.807, 2.05) is 0 Å². The topological polar surface area (TPSA) is 56.0 Å². The Morgan fingerprint density at radius 2 is 2.21 bits per heavy atom. The van der Waals surface area contributed by atoms with Gasteiger partial charge in [0.05, 0.1) is 12.0 Å². The molecule has 0 amide bonds. The Labute approximate surface area is 81.7 Å². The lowest BCUT2D eigenvalue weighted by atomic mass is 10.1. The van der Waals surface area contributed by atoms with Crippen LogP contribution in [0.25, 0.3) is 0 Å². The molecule has 0 aromatic rings. The summed E-state index contributed by atoms with van der Waals surface area (Å²) in [6.45, 7) is -0.138. The van der Waals surface area contributed by atoms with E-state index in [2.05, 4.69) is 11.4 Å². The van der Waals surface area contributed by atoms with Crippen LogP contribution in [0.4, 0.5) is 8.78 Å². The van der Waals surface area contributed by atoms with E-state index in [1.165, 1.54) is 0 Å². The molecule has 1 rings (SSSR count). The van der Waals surface area contributed by atoms with Gasteiger partial charge < -0.3 is 10.4 Å². The van der Waals surface area contributed by atoms with Gasteiger partial charge in [-0.1, -0.05) is 6.42 Å². The molecule has 2 N–H and O–H groups in total. The molecule has 1 fully saturated rings. The molecule has 80 valence electrons. The van der Waals surface area contributed by atoms with E-state index in [1.54, 1.807) is 0 Å². The van der Waals surface area contributed by atoms with Crippen molar-refractivity contribution in [1.82, 2.24) is 5.32 Å². The number of nitriles is 1. The molecule has 0 aromatic heterocycles. The van der Waals surface area contributed by atoms with Crippen LogP contribution in [-0.2, 0) is 0 Å². The summed E-state index contributed by atoms with van der Waals surface area (Å²) in [4.78, 5) is 0. The summed E-state index contributed by atoms with van der Waals surface area (Å²) in [6, 6.07) is 2.10. The normalized spacial score (nSPS) is 29.1. The molecular weight excluding hydrogens is 190 g/mol. The van der Waals surface area contributed by atoms with Crippen molar-refractivity contribution in [3.8, 4) is 6.07 Å². The van der Waals surface area contributed by atoms with Crippen molar-refractivity contribution in [3.05, 3.63) is 0 Å². The Hall–Kier alpha value is -0.730. The first-order valence-corrected chi connectivity index (χ1v) is 4.74. The van der Waals surface area contributed by atoms with Crippen LogP contribution >= 0.6 is 0 Å². The summed E-state index contributed by atoms with van der Waals surface area (Å²) in [5, 5.41) is 20.4. The molecule has 3 nitrogen and oxygen atoms in total. The lowest BCUT2D eigenvalue weighted by Gasteiger charge is -2.17. The Kier molecular flexibility index (Phi) is 4.23. The zero-order valence-electron chi connectivity index (χ0n) is 7.79. The largest absolute Gasteiger partial charge is 0.386 e. The molecule has 5 heteroatoms. The maximum Gasteiger partial charge on any atom is 0.265 e. The van der Waals surface area contributed by atoms with E-state index in [0.717, 1.165) is 19.3 Å². The van der Waals surface area contributed by atoms with E-state index in [4.69, 9.17) is 10.4 Å². The number of rotatable bonds is 4. The molecule has 1 aliphatic carbocycles. The standard InChI is InChI=1S/C9H14F2N2O/c10-9(11)8(14)5-13-7-3-1-2-6(7)4-12/h6-9,13-14H,1-3,5H2. The summed E-state index contributed by atoms with van der Waals surface area (Å²) in [5.74, 6) is -0.0973. The van der Waals surface area contributed by atoms with Gasteiger partial charge in [-0.3, -0.25) is 0 Å². The zero-order valence-corrected chi connectivity index (χ0v) is 7.79. The first-order chi connectivity index (χ1) is 6.65. The van der Waals surface area contributed by atoms with E-state index in [0.29, 0.717) is 0 Å². The van der Waals surface area contributed by atoms with Crippen LogP contribution in [0.2, 0.25) is 0 Å². The highest BCUT2D eigenvalue weighted by Gasteiger charge is 2.28. The fourth-order valence-corrected chi connectivity index (χ4v) is 1.72. The molecule has 0 aliphatic heterocycles. The van der Waals surface area contributed by atoms with Crippen molar-refractivity contribution in [2.75, 3.05) is 6.54 Å². The molecule has 1 aliphatic rings. The van der Waals surface area contributed by atoms with E-state index < -0.39 is 12.5 Å². The lowest BCUT2D eigenvalue weighted by molar-refractivity contribution is -0.00487. The monoisotopic (exact) mass is 204 g/mol. The number of hydrogen-bond acceptors (Lipinski definition) is 3. The summed E-state index contributed by atoms with van der Waals surface area (Å²) in [6.07, 6.45) is -1.76. The number of hydrogen-bond donors (Lipinski definition) is 2. The third-order valence-corrected chi connectivity index (χ3v) is 2.56. The number of aliphatic hydroxyl groups is 1. The lowest BCUT2D eigenvalue weighted by Crippen LogP contribution is -2.39. The number of nitrogens with one attached hydrogen (secondary N) is 1. The van der Waals surface area contributed by atoms with Gasteiger partial charge in [0.2, 0.25) is 0 Å². The molecule has 0 radical (unpaired) electrons. The van der Waals surface area contributed by atoms with Gasteiger partial charge in [-0.25, -0.2) is 8.78 Å². The van der Waals surface area contributed by atoms with Crippen LogP contribution < -0.4 is 5.32 Å². The van der Waals surface area contributed by atoms with E-state index in [-0.39, 0.29) is 18.5 Å². The van der Waals surface area contributed by atoms with Gasteiger partial charge in [0.15, 0.2) is 0 Å². The first-order valence-electron chi connectivity index (χ1n) is 4.74. The third kappa shape index (κ3) is 2.89. The predicted molar refractivity (Wildman–Crippen MR) is 46.8 cm³/mol. The van der Waals surface area contributed by atoms with Crippen molar-refractivity contribution in [1.29, 1.82) is 5.26 Å². The molecule has 3 unspecified atom stereocenters. The summed E-state index contributed by atoms with van der Waals surface area (Å²) in [7, 11) is 0. The first kappa shape index (κ1) is 11.3. The van der Waals surface area contributed by atoms with Gasteiger partial charge in [0, 0.05) is 12.6 Å². The second-order valence-corrected chi connectivity index (χ2v) is 3.58. The van der Waals surface area contributed by atoms with Gasteiger partial charge in [0.1, 0.15) is 6.10 Å². The molecular formula is C9H14F2N2O. The summed E-state index contributed by atoms with van der Waals surface area (Å²) < 4.78 is 23.9. The Morgan fingerprint density at radius 3 is 2.79 bits per heavy atom. The van der Waals surface area contributed by atoms with Crippen molar-refractivity contribution in [2.45, 2.75) is 37.8 Å². The van der Waals surface area contributed by atoms with Crippen molar-refractivity contribution < 1.29 is 13.9 Å². The SMILES string of the molecule is N#CC1CCCC1NCC(O)C(F)F. The average Bonchev–Trinajstić information content (AvgIpc) is 2.60. The van der Waals surface area contributed by atoms with Crippen LogP contribution in [0.3, 0.4) is 0 Å². The second-order valence-electron chi connectivity index (χ2n) is 3.58. The minimum atomic E-state index is -2.72. The number of aliphatic hydroxyl groups excluding tert-OH is 1. The molecule has 14 heavy (non-hydrogen) atoms. The molecule has 3 atom stereocenters. The zero-order chi connectivity index (χ0) is 10.6. The number of halogens is 2. The van der Waals surface area contributed by atoms with Crippen LogP contribution in [0.5, 0.6) is 0 Å². The third-order valence-electron chi connectivity index (χ3n) is 2.56. The fourth-order valence-electron chi connectivity index (χ4n) is 1.72. The fraction of sp³-hybridized carbons (Fsp3) is 0.889. The van der Waals surface area contributed by atoms with Crippen molar-refractivity contribution in [3.63, 3.8) is 0 Å². The highest BCUT2D eigenvalue weighted by molar-refractivity contribution is 4.96. The highest BCUT2D eigenvalue weighted by Crippen LogP contribution is 2.24. The molecule has 0 bridgehead atoms. The number of alkyl halides is 2. The van der Waals surface area contributed by atoms with Crippen LogP contribution in [0, 0.1) is 17.2 Å². The van der Waals surface area contributed by atoms with E-state index >= 15 is 0 Å². The van der Waals surface area contributed by atoms with Crippen LogP contribution in [0.15, 0.2) is 0 Å². The van der Waals surface area contributed by atoms with Gasteiger partial charge in [-0.15, -0.1) is 0 Å². The minimum absolute atomic E-state index is 0.0339. The van der Waals surface area contributed by atoms with Crippen LogP contribution in [-0.4, -0.2) is 30.2 Å². The average molecular weight is 204 g/mol. The van der Waals surface area contributed by atoms with Gasteiger partial charge in [0.25, 0.3) is 6.43 Å². The van der Waals surface area contributed by atoms with Crippen molar-refractivity contribution >= 4 is 0 Å². The molecule has 0 saturated heterocycles. The second kappa shape index (κ2) is 5.23. The Bertz CT molecular complexity index is 217. The maximum absolute atomic E-state index is 11.9. The highest BCUT2D eigenvalue weighted by atomic mass is 19.3. The maximum atomic E-state index is 11.9. The molecule has 0 heterocycles. The predicted octanol–water partition coefficient (Wildman–Crippen LogP) is 0.894. The smallest absolute Gasteiger partial charge is 0.265 e. The Balaban J connectivity index is 2.27. The number of nitrogens with zero attached hydrogens (tertiary/aromatic N) is 1. The van der Waals surface area contributed by atoms with E-state index in [9.17, 15) is 8.78 Å².